The van der Waals surface area contributed by atoms with Crippen LogP contribution in [-0.4, -0.2) is 11.9 Å². The van der Waals surface area contributed by atoms with Gasteiger partial charge in [-0.25, -0.2) is 0 Å². The monoisotopic (exact) mass is 179 g/mol. The Hall–Kier alpha value is -1.50. The van der Waals surface area contributed by atoms with Gasteiger partial charge in [-0.3, -0.25) is 4.79 Å². The van der Waals surface area contributed by atoms with Gasteiger partial charge in [0.15, 0.2) is 0 Å². The van der Waals surface area contributed by atoms with E-state index in [-0.39, 0.29) is 5.57 Å². The van der Waals surface area contributed by atoms with Crippen LogP contribution in [0.3, 0.4) is 0 Å². The molecule has 4 heteroatoms. The van der Waals surface area contributed by atoms with Gasteiger partial charge in [0, 0.05) is 11.7 Å². The minimum atomic E-state index is -0.660. The number of nitrogens with two attached hydrogens (primary N) is 1. The summed E-state index contributed by atoms with van der Waals surface area (Å²) < 4.78 is 0. The van der Waals surface area contributed by atoms with E-state index in [1.165, 1.54) is 6.42 Å². The van der Waals surface area contributed by atoms with Crippen molar-refractivity contribution >= 4 is 5.91 Å². The van der Waals surface area contributed by atoms with Gasteiger partial charge >= 0.3 is 0 Å². The lowest BCUT2D eigenvalue weighted by Crippen LogP contribution is -2.35. The molecule has 0 aromatic carbocycles. The number of carbonyl (C=O) groups is 1. The molecule has 1 amide bonds. The lowest BCUT2D eigenvalue weighted by molar-refractivity contribution is -0.114. The van der Waals surface area contributed by atoms with E-state index in [9.17, 15) is 4.79 Å². The maximum absolute atomic E-state index is 10.8. The summed E-state index contributed by atoms with van der Waals surface area (Å²) in [6.45, 7) is 1.71. The third-order valence-electron chi connectivity index (χ3n) is 2.26. The fraction of sp³-hybridized carbons (Fsp3) is 0.556. The Morgan fingerprint density at radius 2 is 2.23 bits per heavy atom. The van der Waals surface area contributed by atoms with Crippen molar-refractivity contribution in [1.29, 1.82) is 5.26 Å². The average molecular weight is 179 g/mol. The van der Waals surface area contributed by atoms with Crippen LogP contribution in [0.25, 0.3) is 0 Å². The number of hydrogen-bond donors (Lipinski definition) is 2. The zero-order chi connectivity index (χ0) is 9.84. The highest BCUT2D eigenvalue weighted by molar-refractivity contribution is 5.96. The molecule has 1 aliphatic rings. The fourth-order valence-electron chi connectivity index (χ4n) is 1.25. The molecule has 0 atom stereocenters. The van der Waals surface area contributed by atoms with Crippen molar-refractivity contribution in [1.82, 2.24) is 5.32 Å². The highest BCUT2D eigenvalue weighted by Gasteiger charge is 2.18. The zero-order valence-corrected chi connectivity index (χ0v) is 7.63. The van der Waals surface area contributed by atoms with E-state index in [0.717, 1.165) is 12.8 Å². The second kappa shape index (κ2) is 3.94. The molecule has 1 saturated carbocycles. The van der Waals surface area contributed by atoms with Crippen molar-refractivity contribution in [2.24, 2.45) is 5.73 Å². The molecular weight excluding hydrogens is 166 g/mol. The minimum absolute atomic E-state index is 0.0342. The smallest absolute Gasteiger partial charge is 0.261 e. The van der Waals surface area contributed by atoms with Crippen LogP contribution in [-0.2, 0) is 4.79 Å². The van der Waals surface area contributed by atoms with Crippen molar-refractivity contribution < 1.29 is 4.79 Å². The van der Waals surface area contributed by atoms with Crippen LogP contribution < -0.4 is 11.1 Å². The predicted molar refractivity (Wildman–Crippen MR) is 48.3 cm³/mol. The summed E-state index contributed by atoms with van der Waals surface area (Å²) in [7, 11) is 0. The maximum Gasteiger partial charge on any atom is 0.261 e. The van der Waals surface area contributed by atoms with Crippen molar-refractivity contribution in [2.75, 3.05) is 0 Å². The molecule has 0 unspecified atom stereocenters. The number of amides is 1. The van der Waals surface area contributed by atoms with Crippen LogP contribution >= 0.6 is 0 Å². The first-order valence-corrected chi connectivity index (χ1v) is 4.32. The number of nitrogens with zero attached hydrogens (tertiary/aromatic N) is 1. The van der Waals surface area contributed by atoms with Crippen molar-refractivity contribution in [3.8, 4) is 6.07 Å². The lowest BCUT2D eigenvalue weighted by atomic mass is 9.93. The lowest BCUT2D eigenvalue weighted by Gasteiger charge is -2.27. The number of allylic oxidation sites excluding steroid dienone is 1. The molecule has 3 N–H and O–H groups in total. The minimum Gasteiger partial charge on any atom is -0.385 e. The fourth-order valence-corrected chi connectivity index (χ4v) is 1.25. The first-order chi connectivity index (χ1) is 6.15. The third kappa shape index (κ3) is 2.22. The Kier molecular flexibility index (Phi) is 2.91. The van der Waals surface area contributed by atoms with Crippen molar-refractivity contribution in [3.05, 3.63) is 11.3 Å². The molecule has 13 heavy (non-hydrogen) atoms. The summed E-state index contributed by atoms with van der Waals surface area (Å²) in [5.74, 6) is -0.660. The van der Waals surface area contributed by atoms with Crippen LogP contribution in [0.2, 0.25) is 0 Å². The number of primary amides is 1. The van der Waals surface area contributed by atoms with E-state index < -0.39 is 5.91 Å². The summed E-state index contributed by atoms with van der Waals surface area (Å²) in [5, 5.41) is 11.7. The van der Waals surface area contributed by atoms with Crippen LogP contribution in [0, 0.1) is 11.3 Å². The molecule has 1 fully saturated rings. The Bertz CT molecular complexity index is 284. The molecule has 0 bridgehead atoms. The van der Waals surface area contributed by atoms with Gasteiger partial charge in [0.2, 0.25) is 0 Å². The zero-order valence-electron chi connectivity index (χ0n) is 7.63. The molecule has 1 rings (SSSR count). The van der Waals surface area contributed by atoms with Crippen LogP contribution in [0.1, 0.15) is 26.2 Å². The first-order valence-electron chi connectivity index (χ1n) is 4.32. The summed E-state index contributed by atoms with van der Waals surface area (Å²) in [4.78, 5) is 10.8. The van der Waals surface area contributed by atoms with Crippen LogP contribution in [0.4, 0.5) is 0 Å². The molecule has 0 radical (unpaired) electrons. The molecule has 0 aromatic rings. The van der Waals surface area contributed by atoms with Crippen molar-refractivity contribution in [3.63, 3.8) is 0 Å². The van der Waals surface area contributed by atoms with E-state index >= 15 is 0 Å². The maximum atomic E-state index is 10.8. The SMILES string of the molecule is C/C(NC1CCC1)=C(\C#N)C(N)=O. The first kappa shape index (κ1) is 9.59. The Labute approximate surface area is 77.4 Å². The highest BCUT2D eigenvalue weighted by Crippen LogP contribution is 2.19. The standard InChI is InChI=1S/C9H13N3O/c1-6(8(5-10)9(11)13)12-7-3-2-4-7/h7,12H,2-4H2,1H3,(H2,11,13)/b8-6-. The Morgan fingerprint density at radius 1 is 1.62 bits per heavy atom. The second-order valence-electron chi connectivity index (χ2n) is 3.25. The van der Waals surface area contributed by atoms with Gasteiger partial charge in [-0.1, -0.05) is 0 Å². The highest BCUT2D eigenvalue weighted by atomic mass is 16.1. The van der Waals surface area contributed by atoms with Crippen molar-refractivity contribution in [2.45, 2.75) is 32.2 Å². The van der Waals surface area contributed by atoms with E-state index in [4.69, 9.17) is 11.0 Å². The Balaban J connectivity index is 2.64. The predicted octanol–water partition coefficient (Wildman–Crippen LogP) is 0.411. The van der Waals surface area contributed by atoms with Gasteiger partial charge in [-0.05, 0) is 26.2 Å². The summed E-state index contributed by atoms with van der Waals surface area (Å²) in [6.07, 6.45) is 3.42. The van der Waals surface area contributed by atoms with Gasteiger partial charge in [-0.15, -0.1) is 0 Å². The number of rotatable bonds is 3. The van der Waals surface area contributed by atoms with Gasteiger partial charge in [0.05, 0.1) is 0 Å². The average Bonchev–Trinajstić information content (AvgIpc) is 1.97. The van der Waals surface area contributed by atoms with E-state index in [2.05, 4.69) is 5.32 Å². The van der Waals surface area contributed by atoms with Gasteiger partial charge in [-0.2, -0.15) is 5.26 Å². The molecule has 0 heterocycles. The third-order valence-corrected chi connectivity index (χ3v) is 2.26. The molecule has 0 aliphatic heterocycles. The number of nitriles is 1. The van der Waals surface area contributed by atoms with Gasteiger partial charge < -0.3 is 11.1 Å². The molecule has 0 aromatic heterocycles. The quantitative estimate of drug-likeness (QED) is 0.486. The number of nitrogens with one attached hydrogen (secondary N) is 1. The molecule has 0 spiro atoms. The Morgan fingerprint density at radius 3 is 2.54 bits per heavy atom. The van der Waals surface area contributed by atoms with E-state index in [1.54, 1.807) is 13.0 Å². The number of carbonyl (C=O) groups excluding carboxylic acids is 1. The molecule has 0 saturated heterocycles. The number of hydrogen-bond acceptors (Lipinski definition) is 3. The van der Waals surface area contributed by atoms with Crippen LogP contribution in [0.5, 0.6) is 0 Å². The molecule has 70 valence electrons. The summed E-state index contributed by atoms with van der Waals surface area (Å²) in [5.41, 5.74) is 5.66. The van der Waals surface area contributed by atoms with Crippen LogP contribution in [0.15, 0.2) is 11.3 Å². The summed E-state index contributed by atoms with van der Waals surface area (Å²) in [6, 6.07) is 2.22. The van der Waals surface area contributed by atoms with E-state index in [0.29, 0.717) is 11.7 Å². The normalized spacial score (nSPS) is 18.2. The van der Waals surface area contributed by atoms with Gasteiger partial charge in [0.25, 0.3) is 5.91 Å². The summed E-state index contributed by atoms with van der Waals surface area (Å²) >= 11 is 0. The van der Waals surface area contributed by atoms with Gasteiger partial charge in [0.1, 0.15) is 11.6 Å². The molecule has 4 nitrogen and oxygen atoms in total. The van der Waals surface area contributed by atoms with E-state index in [1.807, 2.05) is 0 Å². The molecular formula is C9H13N3O. The largest absolute Gasteiger partial charge is 0.385 e. The second-order valence-corrected chi connectivity index (χ2v) is 3.25. The molecule has 1 aliphatic carbocycles. The topological polar surface area (TPSA) is 78.9 Å².